The van der Waals surface area contributed by atoms with E-state index in [0.717, 1.165) is 23.4 Å². The summed E-state index contributed by atoms with van der Waals surface area (Å²) in [5.74, 6) is 0.648. The second-order valence-corrected chi connectivity index (χ2v) is 7.55. The Morgan fingerprint density at radius 3 is 2.37 bits per heavy atom. The van der Waals surface area contributed by atoms with Crippen LogP contribution in [0, 0.1) is 13.8 Å². The maximum atomic E-state index is 12.5. The van der Waals surface area contributed by atoms with Gasteiger partial charge in [-0.05, 0) is 81.1 Å². The third-order valence-electron chi connectivity index (χ3n) is 5.04. The molecule has 1 N–H and O–H groups in total. The molecule has 1 aliphatic rings. The fourth-order valence-electron chi connectivity index (χ4n) is 3.65. The molecular formula is C23H30N2O2. The lowest BCUT2D eigenvalue weighted by atomic mass is 10.1. The van der Waals surface area contributed by atoms with Crippen LogP contribution in [0.15, 0.2) is 42.5 Å². The molecule has 0 spiro atoms. The Labute approximate surface area is 162 Å². The van der Waals surface area contributed by atoms with E-state index in [9.17, 15) is 4.79 Å². The number of benzene rings is 2. The third-order valence-corrected chi connectivity index (χ3v) is 5.04. The summed E-state index contributed by atoms with van der Waals surface area (Å²) in [6, 6.07) is 14.4. The lowest BCUT2D eigenvalue weighted by Gasteiger charge is -2.19. The Kier molecular flexibility index (Phi) is 6.51. The van der Waals surface area contributed by atoms with Gasteiger partial charge in [-0.1, -0.05) is 30.3 Å². The maximum absolute atomic E-state index is 12.5. The number of likely N-dealkylation sites (tertiary alicyclic amines) is 1. The Morgan fingerprint density at radius 2 is 1.70 bits per heavy atom. The molecule has 1 heterocycles. The van der Waals surface area contributed by atoms with Crippen LogP contribution in [0.4, 0.5) is 0 Å². The molecule has 0 bridgehead atoms. The largest absolute Gasteiger partial charge is 0.481 e. The van der Waals surface area contributed by atoms with Crippen LogP contribution in [0.1, 0.15) is 42.0 Å². The number of nitrogens with one attached hydrogen (secondary N) is 1. The summed E-state index contributed by atoms with van der Waals surface area (Å²) in [5, 5.41) is 3.03. The highest BCUT2D eigenvalue weighted by Crippen LogP contribution is 2.18. The number of hydrogen-bond donors (Lipinski definition) is 1. The SMILES string of the molecule is Cc1cc(C)cc(O[C@@H](C)C(=O)NCc2ccccc2CN2CCCC2)c1. The van der Waals surface area contributed by atoms with Gasteiger partial charge in [-0.2, -0.15) is 0 Å². The van der Waals surface area contributed by atoms with Crippen molar-refractivity contribution in [2.24, 2.45) is 0 Å². The summed E-state index contributed by atoms with van der Waals surface area (Å²) in [5.41, 5.74) is 4.74. The summed E-state index contributed by atoms with van der Waals surface area (Å²) < 4.78 is 5.84. The van der Waals surface area contributed by atoms with Crippen LogP contribution in [0.25, 0.3) is 0 Å². The third kappa shape index (κ3) is 5.57. The number of nitrogens with zero attached hydrogens (tertiary/aromatic N) is 1. The molecule has 4 heteroatoms. The van der Waals surface area contributed by atoms with Crippen molar-refractivity contribution in [2.45, 2.75) is 52.8 Å². The molecule has 2 aromatic carbocycles. The van der Waals surface area contributed by atoms with E-state index in [1.54, 1.807) is 6.92 Å². The van der Waals surface area contributed by atoms with Gasteiger partial charge in [-0.15, -0.1) is 0 Å². The van der Waals surface area contributed by atoms with Crippen molar-refractivity contribution in [2.75, 3.05) is 13.1 Å². The first-order chi connectivity index (χ1) is 13.0. The minimum atomic E-state index is -0.531. The van der Waals surface area contributed by atoms with Crippen LogP contribution in [-0.4, -0.2) is 30.0 Å². The molecular weight excluding hydrogens is 336 g/mol. The van der Waals surface area contributed by atoms with Crippen molar-refractivity contribution >= 4 is 5.91 Å². The van der Waals surface area contributed by atoms with E-state index in [1.807, 2.05) is 32.0 Å². The lowest BCUT2D eigenvalue weighted by molar-refractivity contribution is -0.127. The van der Waals surface area contributed by atoms with Crippen molar-refractivity contribution in [3.05, 3.63) is 64.7 Å². The molecule has 1 amide bonds. The first-order valence-corrected chi connectivity index (χ1v) is 9.83. The molecule has 1 saturated heterocycles. The summed E-state index contributed by atoms with van der Waals surface area (Å²) in [6.45, 7) is 9.68. The van der Waals surface area contributed by atoms with Crippen molar-refractivity contribution < 1.29 is 9.53 Å². The fraction of sp³-hybridized carbons (Fsp3) is 0.435. The molecule has 1 fully saturated rings. The second-order valence-electron chi connectivity index (χ2n) is 7.55. The van der Waals surface area contributed by atoms with E-state index < -0.39 is 6.10 Å². The van der Waals surface area contributed by atoms with E-state index in [-0.39, 0.29) is 5.91 Å². The second kappa shape index (κ2) is 9.05. The van der Waals surface area contributed by atoms with Gasteiger partial charge in [0.25, 0.3) is 5.91 Å². The highest BCUT2D eigenvalue weighted by Gasteiger charge is 2.17. The first-order valence-electron chi connectivity index (χ1n) is 9.83. The van der Waals surface area contributed by atoms with Crippen LogP contribution in [0.3, 0.4) is 0 Å². The number of carbonyl (C=O) groups is 1. The summed E-state index contributed by atoms with van der Waals surface area (Å²) >= 11 is 0. The topological polar surface area (TPSA) is 41.6 Å². The molecule has 27 heavy (non-hydrogen) atoms. The normalized spacial score (nSPS) is 15.5. The van der Waals surface area contributed by atoms with Gasteiger partial charge in [-0.3, -0.25) is 9.69 Å². The van der Waals surface area contributed by atoms with Crippen LogP contribution in [0.5, 0.6) is 5.75 Å². The highest BCUT2D eigenvalue weighted by atomic mass is 16.5. The summed E-state index contributed by atoms with van der Waals surface area (Å²) in [7, 11) is 0. The Morgan fingerprint density at radius 1 is 1.07 bits per heavy atom. The predicted molar refractivity (Wildman–Crippen MR) is 109 cm³/mol. The van der Waals surface area contributed by atoms with Gasteiger partial charge in [0.1, 0.15) is 5.75 Å². The number of amides is 1. The number of carbonyl (C=O) groups excluding carboxylic acids is 1. The molecule has 0 aliphatic carbocycles. The van der Waals surface area contributed by atoms with Gasteiger partial charge in [0.2, 0.25) is 0 Å². The average Bonchev–Trinajstić information content (AvgIpc) is 3.13. The van der Waals surface area contributed by atoms with Crippen LogP contribution in [0.2, 0.25) is 0 Å². The molecule has 1 aliphatic heterocycles. The lowest BCUT2D eigenvalue weighted by Crippen LogP contribution is -2.36. The van der Waals surface area contributed by atoms with Crippen LogP contribution >= 0.6 is 0 Å². The molecule has 144 valence electrons. The van der Waals surface area contributed by atoms with Crippen LogP contribution < -0.4 is 10.1 Å². The minimum absolute atomic E-state index is 0.0925. The highest BCUT2D eigenvalue weighted by molar-refractivity contribution is 5.80. The van der Waals surface area contributed by atoms with E-state index >= 15 is 0 Å². The number of ether oxygens (including phenoxy) is 1. The van der Waals surface area contributed by atoms with Crippen molar-refractivity contribution in [3.8, 4) is 5.75 Å². The van der Waals surface area contributed by atoms with Gasteiger partial charge in [-0.25, -0.2) is 0 Å². The van der Waals surface area contributed by atoms with Gasteiger partial charge in [0.05, 0.1) is 0 Å². The predicted octanol–water partition coefficient (Wildman–Crippen LogP) is 3.98. The van der Waals surface area contributed by atoms with Crippen LogP contribution in [-0.2, 0) is 17.9 Å². The van der Waals surface area contributed by atoms with Gasteiger partial charge < -0.3 is 10.1 Å². The summed E-state index contributed by atoms with van der Waals surface area (Å²) in [4.78, 5) is 15.0. The molecule has 0 unspecified atom stereocenters. The number of hydrogen-bond acceptors (Lipinski definition) is 3. The molecule has 0 saturated carbocycles. The fourth-order valence-corrected chi connectivity index (χ4v) is 3.65. The smallest absolute Gasteiger partial charge is 0.261 e. The van der Waals surface area contributed by atoms with Crippen molar-refractivity contribution in [1.29, 1.82) is 0 Å². The molecule has 1 atom stereocenters. The maximum Gasteiger partial charge on any atom is 0.261 e. The minimum Gasteiger partial charge on any atom is -0.481 e. The molecule has 3 rings (SSSR count). The summed E-state index contributed by atoms with van der Waals surface area (Å²) in [6.07, 6.45) is 2.04. The Hall–Kier alpha value is -2.33. The Balaban J connectivity index is 1.56. The molecule has 0 aromatic heterocycles. The van der Waals surface area contributed by atoms with E-state index in [0.29, 0.717) is 6.54 Å². The number of aryl methyl sites for hydroxylation is 2. The molecule has 0 radical (unpaired) electrons. The van der Waals surface area contributed by atoms with E-state index in [1.165, 1.54) is 37.1 Å². The van der Waals surface area contributed by atoms with Crippen molar-refractivity contribution in [1.82, 2.24) is 10.2 Å². The zero-order chi connectivity index (χ0) is 19.2. The monoisotopic (exact) mass is 366 g/mol. The average molecular weight is 367 g/mol. The van der Waals surface area contributed by atoms with Gasteiger partial charge in [0.15, 0.2) is 6.10 Å². The standard InChI is InChI=1S/C23H30N2O2/c1-17-12-18(2)14-22(13-17)27-19(3)23(26)24-15-20-8-4-5-9-21(20)16-25-10-6-7-11-25/h4-5,8-9,12-14,19H,6-7,10-11,15-16H2,1-3H3,(H,24,26)/t19-/m0/s1. The first kappa shape index (κ1) is 19.4. The zero-order valence-electron chi connectivity index (χ0n) is 16.6. The number of rotatable bonds is 7. The van der Waals surface area contributed by atoms with E-state index in [2.05, 4.69) is 34.5 Å². The zero-order valence-corrected chi connectivity index (χ0v) is 16.6. The Bertz CT molecular complexity index is 761. The van der Waals surface area contributed by atoms with Crippen molar-refractivity contribution in [3.63, 3.8) is 0 Å². The molecule has 2 aromatic rings. The van der Waals surface area contributed by atoms with Gasteiger partial charge in [0, 0.05) is 13.1 Å². The molecule has 4 nitrogen and oxygen atoms in total. The quantitative estimate of drug-likeness (QED) is 0.806. The van der Waals surface area contributed by atoms with Gasteiger partial charge >= 0.3 is 0 Å². The van der Waals surface area contributed by atoms with E-state index in [4.69, 9.17) is 4.74 Å².